The highest BCUT2D eigenvalue weighted by Gasteiger charge is 2.22. The number of ether oxygens (including phenoxy) is 1. The lowest BCUT2D eigenvalue weighted by molar-refractivity contribution is -0.131. The van der Waals surface area contributed by atoms with Gasteiger partial charge in [-0.05, 0) is 53.8 Å². The Kier molecular flexibility index (Phi) is 6.26. The number of aliphatic hydroxyl groups excluding tert-OH is 1. The number of carboxylic acids is 1. The monoisotopic (exact) mass is 378 g/mol. The zero-order valence-electron chi connectivity index (χ0n) is 10.3. The van der Waals surface area contributed by atoms with Gasteiger partial charge in [0.05, 0.1) is 0 Å². The molecule has 0 spiro atoms. The van der Waals surface area contributed by atoms with Crippen LogP contribution >= 0.6 is 22.6 Å². The van der Waals surface area contributed by atoms with Crippen molar-refractivity contribution >= 4 is 28.6 Å². The first kappa shape index (κ1) is 15.9. The molecule has 1 aromatic carbocycles. The lowest BCUT2D eigenvalue weighted by Gasteiger charge is -2.21. The summed E-state index contributed by atoms with van der Waals surface area (Å²) in [6, 6.07) is 4.81. The van der Waals surface area contributed by atoms with Crippen molar-refractivity contribution in [3.63, 3.8) is 0 Å². The number of aliphatic hydroxyl groups is 1. The minimum absolute atomic E-state index is 0.0543. The molecule has 5 nitrogen and oxygen atoms in total. The Hall–Kier alpha value is -1.12. The molecule has 1 aromatic rings. The molecule has 19 heavy (non-hydrogen) atoms. The van der Waals surface area contributed by atoms with Gasteiger partial charge in [0.2, 0.25) is 0 Å². The molecule has 0 fully saturated rings. The van der Waals surface area contributed by atoms with Crippen molar-refractivity contribution in [2.24, 2.45) is 0 Å². The summed E-state index contributed by atoms with van der Waals surface area (Å²) in [6.45, 7) is 2.05. The number of carboxylic acid groups (broad SMARTS) is 1. The topological polar surface area (TPSA) is 87.0 Å². The lowest BCUT2D eigenvalue weighted by Crippen LogP contribution is -2.20. The van der Waals surface area contributed by atoms with E-state index in [0.29, 0.717) is 12.2 Å². The van der Waals surface area contributed by atoms with E-state index in [-0.39, 0.29) is 5.75 Å². The largest absolute Gasteiger partial charge is 0.508 e. The molecule has 6 heteroatoms. The Labute approximate surface area is 124 Å². The Bertz CT molecular complexity index is 472. The van der Waals surface area contributed by atoms with E-state index < -0.39 is 18.2 Å². The third kappa shape index (κ3) is 4.81. The van der Waals surface area contributed by atoms with Crippen molar-refractivity contribution < 1.29 is 24.9 Å². The van der Waals surface area contributed by atoms with E-state index in [4.69, 9.17) is 9.84 Å². The molecule has 1 rings (SSSR count). The van der Waals surface area contributed by atoms with Crippen LogP contribution in [0.4, 0.5) is 0 Å². The van der Waals surface area contributed by atoms with E-state index in [0.717, 1.165) is 9.65 Å². The van der Waals surface area contributed by atoms with E-state index >= 15 is 0 Å². The normalized spacial score (nSPS) is 14.5. The molecule has 2 atom stereocenters. The molecule has 0 aliphatic heterocycles. The number of phenols is 1. The average Bonchev–Trinajstić information content (AvgIpc) is 2.36. The number of hydrogen-bond acceptors (Lipinski definition) is 4. The van der Waals surface area contributed by atoms with Crippen LogP contribution in [-0.2, 0) is 9.53 Å². The Balaban J connectivity index is 3.01. The van der Waals surface area contributed by atoms with Crippen molar-refractivity contribution in [3.8, 4) is 5.75 Å². The number of aromatic hydroxyl groups is 1. The first-order valence-electron chi connectivity index (χ1n) is 5.65. The molecule has 104 valence electrons. The van der Waals surface area contributed by atoms with Gasteiger partial charge >= 0.3 is 5.97 Å². The van der Waals surface area contributed by atoms with E-state index in [2.05, 4.69) is 22.6 Å². The van der Waals surface area contributed by atoms with Crippen molar-refractivity contribution in [2.45, 2.75) is 19.1 Å². The van der Waals surface area contributed by atoms with Gasteiger partial charge in [-0.25, -0.2) is 4.79 Å². The smallest absolute Gasteiger partial charge is 0.328 e. The van der Waals surface area contributed by atoms with Crippen molar-refractivity contribution in [1.82, 2.24) is 0 Å². The summed E-state index contributed by atoms with van der Waals surface area (Å²) in [7, 11) is 0. The maximum Gasteiger partial charge on any atom is 0.328 e. The fourth-order valence-corrected chi connectivity index (χ4v) is 2.08. The van der Waals surface area contributed by atoms with Gasteiger partial charge < -0.3 is 20.1 Å². The highest BCUT2D eigenvalue weighted by Crippen LogP contribution is 2.29. The third-order valence-electron chi connectivity index (χ3n) is 2.41. The molecular weight excluding hydrogens is 363 g/mol. The molecule has 0 amide bonds. The van der Waals surface area contributed by atoms with Crippen LogP contribution in [0.2, 0.25) is 0 Å². The van der Waals surface area contributed by atoms with Gasteiger partial charge in [0, 0.05) is 21.8 Å². The van der Waals surface area contributed by atoms with Gasteiger partial charge in [-0.2, -0.15) is 0 Å². The summed E-state index contributed by atoms with van der Waals surface area (Å²) in [4.78, 5) is 10.5. The average molecular weight is 378 g/mol. The third-order valence-corrected chi connectivity index (χ3v) is 3.08. The molecule has 0 saturated carbocycles. The van der Waals surface area contributed by atoms with E-state index in [9.17, 15) is 15.0 Å². The summed E-state index contributed by atoms with van der Waals surface area (Å²) < 4.78 is 6.14. The van der Waals surface area contributed by atoms with Crippen LogP contribution in [0.25, 0.3) is 0 Å². The summed E-state index contributed by atoms with van der Waals surface area (Å²) in [6.07, 6.45) is 0.208. The second kappa shape index (κ2) is 7.46. The Morgan fingerprint density at radius 3 is 2.79 bits per heavy atom. The second-order valence-electron chi connectivity index (χ2n) is 3.77. The molecule has 0 bridgehead atoms. The summed E-state index contributed by atoms with van der Waals surface area (Å²) in [5.74, 6) is -1.18. The SMILES string of the molecule is CCO[C@H](/C=C/C(=O)O)[C@H](O)c1cc(I)ccc1O. The summed E-state index contributed by atoms with van der Waals surface area (Å²) in [5, 5.41) is 28.5. The van der Waals surface area contributed by atoms with E-state index in [1.54, 1.807) is 19.1 Å². The maximum atomic E-state index is 10.5. The van der Waals surface area contributed by atoms with Crippen molar-refractivity contribution in [2.75, 3.05) is 6.61 Å². The van der Waals surface area contributed by atoms with Crippen LogP contribution in [-0.4, -0.2) is 34.0 Å². The molecule has 0 saturated heterocycles. The number of hydrogen-bond donors (Lipinski definition) is 3. The fourth-order valence-electron chi connectivity index (χ4n) is 1.56. The molecular formula is C13H15IO5. The first-order chi connectivity index (χ1) is 8.95. The highest BCUT2D eigenvalue weighted by molar-refractivity contribution is 14.1. The lowest BCUT2D eigenvalue weighted by atomic mass is 10.0. The minimum Gasteiger partial charge on any atom is -0.508 e. The molecule has 0 heterocycles. The molecule has 0 aliphatic carbocycles. The van der Waals surface area contributed by atoms with Gasteiger partial charge in [0.25, 0.3) is 0 Å². The fraction of sp³-hybridized carbons (Fsp3) is 0.308. The number of aliphatic carboxylic acids is 1. The second-order valence-corrected chi connectivity index (χ2v) is 5.01. The predicted molar refractivity (Wildman–Crippen MR) is 78.0 cm³/mol. The Morgan fingerprint density at radius 2 is 2.21 bits per heavy atom. The highest BCUT2D eigenvalue weighted by atomic mass is 127. The van der Waals surface area contributed by atoms with Gasteiger partial charge in [0.1, 0.15) is 18.0 Å². The van der Waals surface area contributed by atoms with Crippen LogP contribution in [0.15, 0.2) is 30.4 Å². The van der Waals surface area contributed by atoms with Gasteiger partial charge in [-0.3, -0.25) is 0 Å². The zero-order chi connectivity index (χ0) is 14.4. The first-order valence-corrected chi connectivity index (χ1v) is 6.72. The Morgan fingerprint density at radius 1 is 1.53 bits per heavy atom. The van der Waals surface area contributed by atoms with Gasteiger partial charge in [0.15, 0.2) is 0 Å². The molecule has 0 radical (unpaired) electrons. The van der Waals surface area contributed by atoms with Crippen LogP contribution in [0.3, 0.4) is 0 Å². The van der Waals surface area contributed by atoms with Crippen LogP contribution < -0.4 is 0 Å². The standard InChI is InChI=1S/C13H15IO5/c1-2-19-11(5-6-12(16)17)13(18)9-7-8(14)3-4-10(9)15/h3-7,11,13,15,18H,2H2,1H3,(H,16,17)/b6-5+/t11-,13-/m1/s1. The molecule has 3 N–H and O–H groups in total. The predicted octanol–water partition coefficient (Wildman–Crippen LogP) is 2.08. The molecule has 0 unspecified atom stereocenters. The van der Waals surface area contributed by atoms with Crippen LogP contribution in [0.1, 0.15) is 18.6 Å². The molecule has 0 aliphatic rings. The van der Waals surface area contributed by atoms with Gasteiger partial charge in [-0.15, -0.1) is 0 Å². The number of phenolic OH excluding ortho intramolecular Hbond substituents is 1. The zero-order valence-corrected chi connectivity index (χ0v) is 12.4. The van der Waals surface area contributed by atoms with Crippen molar-refractivity contribution in [3.05, 3.63) is 39.5 Å². The van der Waals surface area contributed by atoms with E-state index in [1.165, 1.54) is 12.1 Å². The quantitative estimate of drug-likeness (QED) is 0.521. The molecule has 0 aromatic heterocycles. The maximum absolute atomic E-state index is 10.5. The number of rotatable bonds is 6. The van der Waals surface area contributed by atoms with Crippen molar-refractivity contribution in [1.29, 1.82) is 0 Å². The number of halogens is 1. The number of benzene rings is 1. The van der Waals surface area contributed by atoms with Crippen LogP contribution in [0.5, 0.6) is 5.75 Å². The van der Waals surface area contributed by atoms with Gasteiger partial charge in [-0.1, -0.05) is 0 Å². The number of carbonyl (C=O) groups is 1. The summed E-state index contributed by atoms with van der Waals surface area (Å²) >= 11 is 2.06. The van der Waals surface area contributed by atoms with Crippen LogP contribution in [0, 0.1) is 3.57 Å². The minimum atomic E-state index is -1.13. The van der Waals surface area contributed by atoms with E-state index in [1.807, 2.05) is 0 Å². The summed E-state index contributed by atoms with van der Waals surface area (Å²) in [5.41, 5.74) is 0.306.